The van der Waals surface area contributed by atoms with Gasteiger partial charge in [0.1, 0.15) is 11.5 Å². The molecule has 0 saturated heterocycles. The molecule has 254 valence electrons. The largest absolute Gasteiger partial charge is 0.458 e. The van der Waals surface area contributed by atoms with E-state index in [1.807, 2.05) is 30.5 Å². The summed E-state index contributed by atoms with van der Waals surface area (Å²) in [6.07, 6.45) is 5.65. The molecule has 0 radical (unpaired) electrons. The molecular weight excluding hydrogens is 647 g/mol. The minimum absolute atomic E-state index is 0.465. The Balaban J connectivity index is 1.12. The molecule has 0 N–H and O–H groups in total. The summed E-state index contributed by atoms with van der Waals surface area (Å²) in [6.45, 7) is 4.45. The van der Waals surface area contributed by atoms with Crippen LogP contribution in [0.4, 0.5) is 0 Å². The summed E-state index contributed by atoms with van der Waals surface area (Å²) in [6, 6.07) is 61.3. The fourth-order valence-electron chi connectivity index (χ4n) is 7.22. The average Bonchev–Trinajstić information content (AvgIpc) is 3.60. The highest BCUT2D eigenvalue weighted by Gasteiger charge is 2.20. The lowest BCUT2D eigenvalue weighted by atomic mass is 9.95. The van der Waals surface area contributed by atoms with E-state index in [4.69, 9.17) is 9.72 Å². The van der Waals surface area contributed by atoms with Crippen molar-refractivity contribution in [2.24, 2.45) is 0 Å². The number of imidazole rings is 1. The first-order valence-corrected chi connectivity index (χ1v) is 18.1. The summed E-state index contributed by atoms with van der Waals surface area (Å²) in [4.78, 5) is 4.80. The zero-order chi connectivity index (χ0) is 35.7. The van der Waals surface area contributed by atoms with E-state index in [1.165, 1.54) is 10.9 Å². The van der Waals surface area contributed by atoms with Gasteiger partial charge in [0.05, 0.1) is 28.1 Å². The summed E-state index contributed by atoms with van der Waals surface area (Å²) < 4.78 is 10.9. The van der Waals surface area contributed by atoms with Crippen LogP contribution in [0, 0.1) is 6.33 Å². The minimum atomic E-state index is 0.465. The van der Waals surface area contributed by atoms with Gasteiger partial charge in [-0.15, -0.1) is 0 Å². The monoisotopic (exact) mass is 683 g/mol. The fraction of sp³-hybridized carbons (Fsp3) is 0.0612. The molecule has 4 nitrogen and oxygen atoms in total. The standard InChI is InChI=1S/C49H37N3O/c1-34(2)37-26-27-43-38(30-37)28-29-50-48(43)39-18-11-20-41(31-39)53-42-21-12-19-40(32-42)51-33-52(47-25-10-9-24-46(47)51)49-44(35-14-5-3-6-15-35)22-13-23-45(49)36-16-7-4-8-17-36/h3-32,34H,1-2H3. The topological polar surface area (TPSA) is 30.9 Å². The van der Waals surface area contributed by atoms with Gasteiger partial charge in [0.25, 0.3) is 6.33 Å². The number of fused-ring (bicyclic) bond motifs is 2. The molecule has 0 fully saturated rings. The summed E-state index contributed by atoms with van der Waals surface area (Å²) >= 11 is 0. The highest BCUT2D eigenvalue weighted by Crippen LogP contribution is 2.36. The molecule has 0 aliphatic heterocycles. The highest BCUT2D eigenvalue weighted by atomic mass is 16.5. The Bertz CT molecular complexity index is 2670. The lowest BCUT2D eigenvalue weighted by molar-refractivity contribution is -0.571. The Morgan fingerprint density at radius 2 is 1.23 bits per heavy atom. The molecular formula is C49H37N3O. The first-order chi connectivity index (χ1) is 26.1. The minimum Gasteiger partial charge on any atom is -0.458 e. The molecule has 2 aromatic heterocycles. The van der Waals surface area contributed by atoms with Crippen LogP contribution in [0.2, 0.25) is 0 Å². The van der Waals surface area contributed by atoms with E-state index in [1.54, 1.807) is 0 Å². The van der Waals surface area contributed by atoms with E-state index in [0.29, 0.717) is 5.92 Å². The van der Waals surface area contributed by atoms with Gasteiger partial charge in [-0.2, -0.15) is 0 Å². The Kier molecular flexibility index (Phi) is 8.33. The van der Waals surface area contributed by atoms with Crippen molar-refractivity contribution in [2.75, 3.05) is 0 Å². The number of benzene rings is 7. The lowest BCUT2D eigenvalue weighted by Gasteiger charge is -2.17. The van der Waals surface area contributed by atoms with Crippen molar-refractivity contribution in [1.29, 1.82) is 0 Å². The number of aromatic nitrogens is 3. The van der Waals surface area contributed by atoms with Crippen molar-refractivity contribution in [2.45, 2.75) is 19.8 Å². The molecule has 0 aliphatic carbocycles. The third kappa shape index (κ3) is 6.15. The van der Waals surface area contributed by atoms with Gasteiger partial charge in [-0.3, -0.25) is 14.1 Å². The SMILES string of the molecule is CC(C)c1ccc2c(-c3cccc(Oc4cccc(-n5[c-][n+](-c6c(-c7ccccc7)cccc6-c6ccccc6)c6ccccc65)c4)c3)nccc2c1. The smallest absolute Gasteiger partial charge is 0.269 e. The first kappa shape index (κ1) is 32.1. The molecule has 0 saturated carbocycles. The molecule has 9 rings (SSSR count). The first-order valence-electron chi connectivity index (χ1n) is 18.1. The summed E-state index contributed by atoms with van der Waals surface area (Å²) in [5.41, 5.74) is 12.0. The van der Waals surface area contributed by atoms with Gasteiger partial charge in [0.15, 0.2) is 0 Å². The van der Waals surface area contributed by atoms with E-state index in [2.05, 4.69) is 181 Å². The number of hydrogen-bond donors (Lipinski definition) is 0. The molecule has 53 heavy (non-hydrogen) atoms. The molecule has 4 heteroatoms. The molecule has 0 amide bonds. The number of nitrogens with zero attached hydrogens (tertiary/aromatic N) is 3. The molecule has 7 aromatic carbocycles. The Hall–Kier alpha value is -6.78. The fourth-order valence-corrected chi connectivity index (χ4v) is 7.22. The Morgan fingerprint density at radius 1 is 0.585 bits per heavy atom. The predicted molar refractivity (Wildman–Crippen MR) is 216 cm³/mol. The van der Waals surface area contributed by atoms with Gasteiger partial charge < -0.3 is 4.74 Å². The second kappa shape index (κ2) is 13.7. The second-order valence-corrected chi connectivity index (χ2v) is 13.6. The Morgan fingerprint density at radius 3 is 1.96 bits per heavy atom. The molecule has 0 atom stereocenters. The van der Waals surface area contributed by atoms with E-state index >= 15 is 0 Å². The normalized spacial score (nSPS) is 11.4. The van der Waals surface area contributed by atoms with Crippen LogP contribution in [0.5, 0.6) is 11.5 Å². The van der Waals surface area contributed by atoms with E-state index < -0.39 is 0 Å². The van der Waals surface area contributed by atoms with Crippen molar-refractivity contribution >= 4 is 21.8 Å². The average molecular weight is 684 g/mol. The van der Waals surface area contributed by atoms with Crippen LogP contribution in [-0.2, 0) is 0 Å². The molecule has 0 aliphatic rings. The lowest BCUT2D eigenvalue weighted by Crippen LogP contribution is -2.31. The maximum absolute atomic E-state index is 6.56. The quantitative estimate of drug-likeness (QED) is 0.118. The van der Waals surface area contributed by atoms with Crippen LogP contribution in [-0.4, -0.2) is 9.55 Å². The predicted octanol–water partition coefficient (Wildman–Crippen LogP) is 12.2. The van der Waals surface area contributed by atoms with Crippen LogP contribution >= 0.6 is 0 Å². The van der Waals surface area contributed by atoms with Crippen molar-refractivity contribution < 1.29 is 9.30 Å². The van der Waals surface area contributed by atoms with Gasteiger partial charge in [0.2, 0.25) is 0 Å². The number of hydrogen-bond acceptors (Lipinski definition) is 2. The summed E-state index contributed by atoms with van der Waals surface area (Å²) in [5, 5.41) is 2.32. The molecule has 0 bridgehead atoms. The zero-order valence-electron chi connectivity index (χ0n) is 29.6. The van der Waals surface area contributed by atoms with E-state index in [9.17, 15) is 0 Å². The number of rotatable bonds is 8. The van der Waals surface area contributed by atoms with Gasteiger partial charge >= 0.3 is 0 Å². The molecule has 2 heterocycles. The van der Waals surface area contributed by atoms with Crippen molar-refractivity contribution in [1.82, 2.24) is 9.55 Å². The second-order valence-electron chi connectivity index (χ2n) is 13.6. The maximum Gasteiger partial charge on any atom is 0.269 e. The van der Waals surface area contributed by atoms with E-state index in [-0.39, 0.29) is 0 Å². The van der Waals surface area contributed by atoms with Crippen LogP contribution in [0.25, 0.3) is 66.7 Å². The van der Waals surface area contributed by atoms with Crippen LogP contribution in [0.15, 0.2) is 182 Å². The third-order valence-electron chi connectivity index (χ3n) is 9.87. The highest BCUT2D eigenvalue weighted by molar-refractivity contribution is 5.95. The van der Waals surface area contributed by atoms with E-state index in [0.717, 1.165) is 72.8 Å². The third-order valence-corrected chi connectivity index (χ3v) is 9.87. The van der Waals surface area contributed by atoms with Gasteiger partial charge in [0, 0.05) is 17.1 Å². The number of ether oxygens (including phenoxy) is 1. The Labute approximate surface area is 309 Å². The van der Waals surface area contributed by atoms with Crippen molar-refractivity contribution in [3.8, 4) is 56.4 Å². The zero-order valence-corrected chi connectivity index (χ0v) is 29.6. The number of para-hydroxylation sites is 3. The van der Waals surface area contributed by atoms with Crippen LogP contribution < -0.4 is 9.30 Å². The van der Waals surface area contributed by atoms with Crippen LogP contribution in [0.1, 0.15) is 25.3 Å². The van der Waals surface area contributed by atoms with Gasteiger partial charge in [-0.05, 0) is 75.5 Å². The molecule has 9 aromatic rings. The summed E-state index contributed by atoms with van der Waals surface area (Å²) in [5.74, 6) is 1.95. The van der Waals surface area contributed by atoms with Crippen LogP contribution in [0.3, 0.4) is 0 Å². The molecule has 0 spiro atoms. The van der Waals surface area contributed by atoms with Gasteiger partial charge in [-0.1, -0.05) is 153 Å². The van der Waals surface area contributed by atoms with Gasteiger partial charge in [-0.25, -0.2) is 0 Å². The number of pyridine rings is 1. The van der Waals surface area contributed by atoms with Crippen molar-refractivity contribution in [3.63, 3.8) is 0 Å². The maximum atomic E-state index is 6.56. The molecule has 0 unspecified atom stereocenters. The van der Waals surface area contributed by atoms with Crippen molar-refractivity contribution in [3.05, 3.63) is 194 Å². The summed E-state index contributed by atoms with van der Waals surface area (Å²) in [7, 11) is 0.